The summed E-state index contributed by atoms with van der Waals surface area (Å²) < 4.78 is 41.5. The fourth-order valence-corrected chi connectivity index (χ4v) is 4.53. The number of aryl methyl sites for hydroxylation is 2. The Balaban J connectivity index is 2.25. The third-order valence-corrected chi connectivity index (χ3v) is 5.98. The van der Waals surface area contributed by atoms with Crippen molar-refractivity contribution in [2.24, 2.45) is 0 Å². The summed E-state index contributed by atoms with van der Waals surface area (Å²) in [6.45, 7) is 1.91. The molecule has 120 valence electrons. The lowest BCUT2D eigenvalue weighted by atomic mass is 10.1. The Bertz CT molecular complexity index is 962. The summed E-state index contributed by atoms with van der Waals surface area (Å²) >= 11 is 2.23. The average molecular weight is 443 g/mol. The van der Waals surface area contributed by atoms with Gasteiger partial charge in [0, 0.05) is 16.0 Å². The van der Waals surface area contributed by atoms with Gasteiger partial charge in [-0.25, -0.2) is 16.8 Å². The van der Waals surface area contributed by atoms with E-state index >= 15 is 0 Å². The summed E-state index contributed by atoms with van der Waals surface area (Å²) in [5, 5.41) is 0.650. The predicted molar refractivity (Wildman–Crippen MR) is 98.2 cm³/mol. The number of hydrogen-bond donors (Lipinski definition) is 0. The molecule has 0 atom stereocenters. The second-order valence-electron chi connectivity index (χ2n) is 5.37. The number of aromatic nitrogens is 1. The normalized spacial score (nSPS) is 12.0. The van der Waals surface area contributed by atoms with Crippen LogP contribution < -0.4 is 0 Å². The maximum atomic E-state index is 13.6. The second kappa shape index (κ2) is 6.24. The van der Waals surface area contributed by atoms with Crippen molar-refractivity contribution in [1.82, 2.24) is 3.97 Å². The topological polar surface area (TPSA) is 39.1 Å². The zero-order valence-corrected chi connectivity index (χ0v) is 15.4. The van der Waals surface area contributed by atoms with E-state index in [-0.39, 0.29) is 10.7 Å². The van der Waals surface area contributed by atoms with Crippen LogP contribution in [0, 0.1) is 12.7 Å². The molecule has 0 saturated carbocycles. The third kappa shape index (κ3) is 3.01. The maximum Gasteiger partial charge on any atom is 0.268 e. The molecule has 0 N–H and O–H groups in total. The molecule has 0 bridgehead atoms. The quantitative estimate of drug-likeness (QED) is 0.446. The number of hydrogen-bond acceptors (Lipinski definition) is 2. The van der Waals surface area contributed by atoms with E-state index in [1.54, 1.807) is 30.5 Å². The highest BCUT2D eigenvalue weighted by Crippen LogP contribution is 2.27. The Morgan fingerprint density at radius 2 is 1.83 bits per heavy atom. The summed E-state index contributed by atoms with van der Waals surface area (Å²) in [4.78, 5) is 0.227. The van der Waals surface area contributed by atoms with Crippen LogP contribution in [0.3, 0.4) is 0 Å². The van der Waals surface area contributed by atoms with Gasteiger partial charge in [-0.15, -0.1) is 0 Å². The molecule has 0 spiro atoms. The molecule has 3 nitrogen and oxygen atoms in total. The lowest BCUT2D eigenvalue weighted by Crippen LogP contribution is -2.11. The highest BCUT2D eigenvalue weighted by molar-refractivity contribution is 14.1. The van der Waals surface area contributed by atoms with E-state index in [9.17, 15) is 12.8 Å². The van der Waals surface area contributed by atoms with Crippen LogP contribution in [0.1, 0.15) is 11.1 Å². The van der Waals surface area contributed by atoms with Gasteiger partial charge in [-0.1, -0.05) is 40.3 Å². The van der Waals surface area contributed by atoms with Gasteiger partial charge in [0.2, 0.25) is 0 Å². The van der Waals surface area contributed by atoms with Gasteiger partial charge in [0.15, 0.2) is 0 Å². The zero-order valence-electron chi connectivity index (χ0n) is 12.5. The minimum Gasteiger partial charge on any atom is -0.241 e. The second-order valence-corrected chi connectivity index (χ2v) is 8.26. The highest BCUT2D eigenvalue weighted by Gasteiger charge is 2.21. The monoisotopic (exact) mass is 443 g/mol. The predicted octanol–water partition coefficient (Wildman–Crippen LogP) is 4.30. The van der Waals surface area contributed by atoms with Gasteiger partial charge in [0.25, 0.3) is 10.0 Å². The molecular formula is C17H15FINO2S. The fraction of sp³-hybridized carbons (Fsp3) is 0.176. The summed E-state index contributed by atoms with van der Waals surface area (Å²) in [6, 6.07) is 10.9. The van der Waals surface area contributed by atoms with Gasteiger partial charge in [-0.3, -0.25) is 0 Å². The minimum absolute atomic E-state index is 0.227. The molecule has 0 fully saturated rings. The van der Waals surface area contributed by atoms with E-state index in [0.717, 1.165) is 15.6 Å². The van der Waals surface area contributed by atoms with Gasteiger partial charge in [-0.2, -0.15) is 0 Å². The van der Waals surface area contributed by atoms with Crippen molar-refractivity contribution in [3.8, 4) is 0 Å². The fourth-order valence-electron chi connectivity index (χ4n) is 2.56. The molecule has 6 heteroatoms. The Kier molecular flexibility index (Phi) is 4.46. The SMILES string of the molecule is Cc1ccc(S(=O)(=O)n2cc(CCI)c3cc(F)ccc32)cc1. The molecule has 1 heterocycles. The largest absolute Gasteiger partial charge is 0.268 e. The van der Waals surface area contributed by atoms with Crippen molar-refractivity contribution >= 4 is 43.5 Å². The molecule has 23 heavy (non-hydrogen) atoms. The van der Waals surface area contributed by atoms with Crippen LogP contribution in [-0.4, -0.2) is 16.8 Å². The van der Waals surface area contributed by atoms with Crippen molar-refractivity contribution in [2.75, 3.05) is 4.43 Å². The molecule has 0 unspecified atom stereocenters. The number of benzene rings is 2. The first-order valence-corrected chi connectivity index (χ1v) is 10.1. The molecule has 3 aromatic rings. The smallest absolute Gasteiger partial charge is 0.241 e. The van der Waals surface area contributed by atoms with Crippen LogP contribution in [0.15, 0.2) is 53.6 Å². The number of alkyl halides is 1. The summed E-state index contributed by atoms with van der Waals surface area (Å²) in [5.41, 5.74) is 2.34. The summed E-state index contributed by atoms with van der Waals surface area (Å²) in [7, 11) is -3.70. The molecular weight excluding hydrogens is 428 g/mol. The van der Waals surface area contributed by atoms with Crippen molar-refractivity contribution in [3.63, 3.8) is 0 Å². The lowest BCUT2D eigenvalue weighted by molar-refractivity contribution is 0.589. The van der Waals surface area contributed by atoms with Gasteiger partial charge >= 0.3 is 0 Å². The van der Waals surface area contributed by atoms with Gasteiger partial charge in [0.05, 0.1) is 10.4 Å². The molecule has 1 aromatic heterocycles. The molecule has 3 rings (SSSR count). The molecule has 0 amide bonds. The molecule has 0 saturated heterocycles. The molecule has 2 aromatic carbocycles. The van der Waals surface area contributed by atoms with E-state index in [4.69, 9.17) is 0 Å². The number of nitrogens with zero attached hydrogens (tertiary/aromatic N) is 1. The zero-order chi connectivity index (χ0) is 16.6. The van der Waals surface area contributed by atoms with E-state index in [0.29, 0.717) is 17.3 Å². The molecule has 0 aliphatic rings. The van der Waals surface area contributed by atoms with Crippen LogP contribution in [-0.2, 0) is 16.4 Å². The molecule has 0 aliphatic heterocycles. The third-order valence-electron chi connectivity index (χ3n) is 3.76. The highest BCUT2D eigenvalue weighted by atomic mass is 127. The number of halogens is 2. The lowest BCUT2D eigenvalue weighted by Gasteiger charge is -2.08. The van der Waals surface area contributed by atoms with Crippen molar-refractivity contribution in [2.45, 2.75) is 18.2 Å². The van der Waals surface area contributed by atoms with Crippen LogP contribution in [0.5, 0.6) is 0 Å². The van der Waals surface area contributed by atoms with Gasteiger partial charge < -0.3 is 0 Å². The van der Waals surface area contributed by atoms with Gasteiger partial charge in [0.1, 0.15) is 5.82 Å². The van der Waals surface area contributed by atoms with Crippen molar-refractivity contribution < 1.29 is 12.8 Å². The maximum absolute atomic E-state index is 13.6. The molecule has 0 radical (unpaired) electrons. The van der Waals surface area contributed by atoms with E-state index in [1.165, 1.54) is 22.2 Å². The Morgan fingerprint density at radius 1 is 1.13 bits per heavy atom. The van der Waals surface area contributed by atoms with Crippen LogP contribution >= 0.6 is 22.6 Å². The van der Waals surface area contributed by atoms with Crippen LogP contribution in [0.25, 0.3) is 10.9 Å². The summed E-state index contributed by atoms with van der Waals surface area (Å²) in [5.74, 6) is -0.363. The van der Waals surface area contributed by atoms with E-state index in [2.05, 4.69) is 22.6 Å². The van der Waals surface area contributed by atoms with Crippen LogP contribution in [0.2, 0.25) is 0 Å². The van der Waals surface area contributed by atoms with E-state index < -0.39 is 10.0 Å². The van der Waals surface area contributed by atoms with Crippen LogP contribution in [0.4, 0.5) is 4.39 Å². The first kappa shape index (κ1) is 16.4. The Labute approximate surface area is 148 Å². The molecule has 0 aliphatic carbocycles. The van der Waals surface area contributed by atoms with E-state index in [1.807, 2.05) is 6.92 Å². The van der Waals surface area contributed by atoms with Gasteiger partial charge in [-0.05, 0) is 49.2 Å². The average Bonchev–Trinajstić information content (AvgIpc) is 2.87. The standard InChI is InChI=1S/C17H15FINO2S/c1-12-2-5-15(6-3-12)23(21,22)20-11-13(8-9-19)16-10-14(18)4-7-17(16)20/h2-7,10-11H,8-9H2,1H3. The first-order valence-electron chi connectivity index (χ1n) is 7.11. The minimum atomic E-state index is -3.70. The number of fused-ring (bicyclic) bond motifs is 1. The number of rotatable bonds is 4. The van der Waals surface area contributed by atoms with Crippen molar-refractivity contribution in [1.29, 1.82) is 0 Å². The van der Waals surface area contributed by atoms with Crippen molar-refractivity contribution in [3.05, 3.63) is 65.6 Å². The summed E-state index contributed by atoms with van der Waals surface area (Å²) in [6.07, 6.45) is 2.30. The Morgan fingerprint density at radius 3 is 2.48 bits per heavy atom. The Hall–Kier alpha value is -1.41. The first-order chi connectivity index (χ1) is 10.9.